The molecule has 1 aromatic carbocycles. The predicted molar refractivity (Wildman–Crippen MR) is 113 cm³/mol. The van der Waals surface area contributed by atoms with Gasteiger partial charge < -0.3 is 9.72 Å². The summed E-state index contributed by atoms with van der Waals surface area (Å²) in [4.78, 5) is 17.1. The third kappa shape index (κ3) is 4.26. The highest BCUT2D eigenvalue weighted by atomic mass is 35.5. The lowest BCUT2D eigenvalue weighted by Gasteiger charge is -2.11. The fourth-order valence-corrected chi connectivity index (χ4v) is 5.31. The number of carbonyl (C=O) groups is 1. The van der Waals surface area contributed by atoms with Crippen LogP contribution in [0, 0.1) is 0 Å². The number of aromatic nitrogens is 2. The van der Waals surface area contributed by atoms with Crippen molar-refractivity contribution >= 4 is 50.2 Å². The molecule has 0 unspecified atom stereocenters. The number of hydrogen-bond donors (Lipinski definition) is 2. The molecule has 0 spiro atoms. The summed E-state index contributed by atoms with van der Waals surface area (Å²) in [7, 11) is -3.84. The predicted octanol–water partition coefficient (Wildman–Crippen LogP) is 3.78. The second-order valence-corrected chi connectivity index (χ2v) is 9.71. The molecular weight excluding hydrogens is 432 g/mol. The molecule has 7 nitrogen and oxygen atoms in total. The van der Waals surface area contributed by atoms with Gasteiger partial charge in [0, 0.05) is 12.4 Å². The number of nitrogens with one attached hydrogen (secondary N) is 2. The van der Waals surface area contributed by atoms with Crippen molar-refractivity contribution in [1.29, 1.82) is 0 Å². The fourth-order valence-electron chi connectivity index (χ4n) is 2.75. The van der Waals surface area contributed by atoms with Crippen LogP contribution >= 0.6 is 22.9 Å². The Morgan fingerprint density at radius 1 is 1.10 bits per heavy atom. The molecular formula is C19H15ClN4O3S2. The van der Waals surface area contributed by atoms with Gasteiger partial charge in [-0.25, -0.2) is 13.4 Å². The molecule has 0 bridgehead atoms. The summed E-state index contributed by atoms with van der Waals surface area (Å²) in [6, 6.07) is 15.0. The standard InChI is InChI=1S/C19H15ClN4O3S2/c20-16-8-9-18(28-16)29(26,27)23-15-6-2-1-5-14(15)19(25)21-11-13-12-24-10-4-3-7-17(24)22-13/h1-10,12,23H,11H2,(H,21,25). The van der Waals surface area contributed by atoms with E-state index in [2.05, 4.69) is 15.0 Å². The second-order valence-electron chi connectivity index (χ2n) is 6.09. The molecule has 0 radical (unpaired) electrons. The summed E-state index contributed by atoms with van der Waals surface area (Å²) in [5.41, 5.74) is 1.86. The molecule has 1 amide bonds. The average Bonchev–Trinajstić information content (AvgIpc) is 3.32. The first kappa shape index (κ1) is 19.4. The molecule has 0 aliphatic heterocycles. The maximum Gasteiger partial charge on any atom is 0.271 e. The number of thiophene rings is 1. The number of sulfonamides is 1. The molecule has 3 heterocycles. The van der Waals surface area contributed by atoms with E-state index in [-0.39, 0.29) is 22.0 Å². The van der Waals surface area contributed by atoms with Crippen molar-refractivity contribution in [2.24, 2.45) is 0 Å². The summed E-state index contributed by atoms with van der Waals surface area (Å²) in [6.45, 7) is 0.210. The highest BCUT2D eigenvalue weighted by molar-refractivity contribution is 7.94. The monoisotopic (exact) mass is 446 g/mol. The minimum Gasteiger partial charge on any atom is -0.346 e. The van der Waals surface area contributed by atoms with Gasteiger partial charge >= 0.3 is 0 Å². The molecule has 0 saturated carbocycles. The normalized spacial score (nSPS) is 11.5. The maximum absolute atomic E-state index is 12.7. The summed E-state index contributed by atoms with van der Waals surface area (Å²) in [6.07, 6.45) is 3.69. The number of para-hydroxylation sites is 1. The van der Waals surface area contributed by atoms with E-state index in [9.17, 15) is 13.2 Å². The van der Waals surface area contributed by atoms with E-state index in [1.807, 2.05) is 35.0 Å². The Hall–Kier alpha value is -2.88. The van der Waals surface area contributed by atoms with Gasteiger partial charge in [-0.3, -0.25) is 9.52 Å². The van der Waals surface area contributed by atoms with E-state index < -0.39 is 15.9 Å². The zero-order valence-corrected chi connectivity index (χ0v) is 17.3. The summed E-state index contributed by atoms with van der Waals surface area (Å²) in [5.74, 6) is -0.412. The van der Waals surface area contributed by atoms with E-state index in [0.29, 0.717) is 10.0 Å². The molecule has 0 aliphatic carbocycles. The van der Waals surface area contributed by atoms with Crippen LogP contribution in [0.25, 0.3) is 5.65 Å². The van der Waals surface area contributed by atoms with E-state index in [1.54, 1.807) is 18.2 Å². The van der Waals surface area contributed by atoms with Crippen LogP contribution in [-0.4, -0.2) is 23.7 Å². The van der Waals surface area contributed by atoms with Gasteiger partial charge in [0.2, 0.25) is 0 Å². The van der Waals surface area contributed by atoms with Gasteiger partial charge in [-0.05, 0) is 36.4 Å². The van der Waals surface area contributed by atoms with Gasteiger partial charge in [-0.1, -0.05) is 29.8 Å². The number of amides is 1. The second kappa shape index (κ2) is 7.86. The number of benzene rings is 1. The van der Waals surface area contributed by atoms with Crippen LogP contribution in [0.15, 0.2) is 71.2 Å². The molecule has 0 saturated heterocycles. The lowest BCUT2D eigenvalue weighted by Crippen LogP contribution is -2.25. The van der Waals surface area contributed by atoms with Crippen molar-refractivity contribution in [3.63, 3.8) is 0 Å². The summed E-state index contributed by atoms with van der Waals surface area (Å²) >= 11 is 6.78. The van der Waals surface area contributed by atoms with Crippen LogP contribution < -0.4 is 10.0 Å². The van der Waals surface area contributed by atoms with Gasteiger partial charge in [0.25, 0.3) is 15.9 Å². The van der Waals surface area contributed by atoms with Crippen LogP contribution in [0.2, 0.25) is 4.34 Å². The van der Waals surface area contributed by atoms with Crippen molar-refractivity contribution in [1.82, 2.24) is 14.7 Å². The number of halogens is 1. The van der Waals surface area contributed by atoms with Gasteiger partial charge in [-0.2, -0.15) is 0 Å². The SMILES string of the molecule is O=C(NCc1cn2ccccc2n1)c1ccccc1NS(=O)(=O)c1ccc(Cl)s1. The molecule has 0 fully saturated rings. The van der Waals surface area contributed by atoms with Crippen LogP contribution in [0.5, 0.6) is 0 Å². The van der Waals surface area contributed by atoms with E-state index in [4.69, 9.17) is 11.6 Å². The van der Waals surface area contributed by atoms with Gasteiger partial charge in [0.05, 0.1) is 27.8 Å². The minimum atomic E-state index is -3.84. The molecule has 4 rings (SSSR count). The van der Waals surface area contributed by atoms with Crippen molar-refractivity contribution in [2.75, 3.05) is 4.72 Å². The molecule has 29 heavy (non-hydrogen) atoms. The smallest absolute Gasteiger partial charge is 0.271 e. The zero-order chi connectivity index (χ0) is 20.4. The largest absolute Gasteiger partial charge is 0.346 e. The fraction of sp³-hybridized carbons (Fsp3) is 0.0526. The van der Waals surface area contributed by atoms with Gasteiger partial charge in [0.1, 0.15) is 9.86 Å². The molecule has 2 N–H and O–H groups in total. The lowest BCUT2D eigenvalue weighted by atomic mass is 10.1. The number of fused-ring (bicyclic) bond motifs is 1. The Morgan fingerprint density at radius 3 is 2.66 bits per heavy atom. The van der Waals surface area contributed by atoms with Crippen molar-refractivity contribution in [3.8, 4) is 0 Å². The quantitative estimate of drug-likeness (QED) is 0.471. The number of rotatable bonds is 6. The van der Waals surface area contributed by atoms with Crippen molar-refractivity contribution in [3.05, 3.63) is 82.6 Å². The van der Waals surface area contributed by atoms with Crippen LogP contribution in [0.1, 0.15) is 16.1 Å². The first-order chi connectivity index (χ1) is 13.9. The minimum absolute atomic E-state index is 0.0717. The molecule has 3 aromatic heterocycles. The van der Waals surface area contributed by atoms with Gasteiger partial charge in [0.15, 0.2) is 0 Å². The molecule has 0 aliphatic rings. The lowest BCUT2D eigenvalue weighted by molar-refractivity contribution is 0.0951. The number of nitrogens with zero attached hydrogens (tertiary/aromatic N) is 2. The average molecular weight is 447 g/mol. The Balaban J connectivity index is 1.52. The number of hydrogen-bond acceptors (Lipinski definition) is 5. The number of anilines is 1. The van der Waals surface area contributed by atoms with E-state index in [0.717, 1.165) is 17.0 Å². The topological polar surface area (TPSA) is 92.6 Å². The summed E-state index contributed by atoms with van der Waals surface area (Å²) < 4.78 is 29.9. The van der Waals surface area contributed by atoms with Crippen LogP contribution in [-0.2, 0) is 16.6 Å². The zero-order valence-electron chi connectivity index (χ0n) is 14.9. The highest BCUT2D eigenvalue weighted by Crippen LogP contribution is 2.28. The third-order valence-electron chi connectivity index (χ3n) is 4.07. The number of carbonyl (C=O) groups excluding carboxylic acids is 1. The molecule has 0 atom stereocenters. The van der Waals surface area contributed by atoms with E-state index >= 15 is 0 Å². The third-order valence-corrected chi connectivity index (χ3v) is 7.16. The summed E-state index contributed by atoms with van der Waals surface area (Å²) in [5, 5.41) is 2.78. The van der Waals surface area contributed by atoms with Crippen molar-refractivity contribution in [2.45, 2.75) is 10.8 Å². The molecule has 10 heteroatoms. The number of pyridine rings is 1. The Bertz CT molecular complexity index is 1260. The first-order valence-corrected chi connectivity index (χ1v) is 11.2. The maximum atomic E-state index is 12.7. The molecule has 4 aromatic rings. The Labute approximate surface area is 176 Å². The van der Waals surface area contributed by atoms with Crippen LogP contribution in [0.3, 0.4) is 0 Å². The van der Waals surface area contributed by atoms with Gasteiger partial charge in [-0.15, -0.1) is 11.3 Å². The van der Waals surface area contributed by atoms with E-state index in [1.165, 1.54) is 18.2 Å². The highest BCUT2D eigenvalue weighted by Gasteiger charge is 2.20. The number of imidazole rings is 1. The molecule has 148 valence electrons. The Morgan fingerprint density at radius 2 is 1.90 bits per heavy atom. The first-order valence-electron chi connectivity index (χ1n) is 8.50. The van der Waals surface area contributed by atoms with Crippen molar-refractivity contribution < 1.29 is 13.2 Å². The van der Waals surface area contributed by atoms with Crippen LogP contribution in [0.4, 0.5) is 5.69 Å². The Kier molecular flexibility index (Phi) is 5.27.